The maximum atomic E-state index is 15.1. The molecule has 1 heterocycles. The summed E-state index contributed by atoms with van der Waals surface area (Å²) in [5.41, 5.74) is 0.502. The van der Waals surface area contributed by atoms with Crippen molar-refractivity contribution in [3.8, 4) is 16.9 Å². The molecule has 3 aromatic carbocycles. The van der Waals surface area contributed by atoms with Crippen molar-refractivity contribution in [2.45, 2.75) is 54.6 Å². The minimum atomic E-state index is -1.15. The van der Waals surface area contributed by atoms with E-state index in [2.05, 4.69) is 0 Å². The van der Waals surface area contributed by atoms with Gasteiger partial charge in [0.15, 0.2) is 0 Å². The molecular formula is C29H32FNO4S. The molecule has 1 aliphatic heterocycles. The van der Waals surface area contributed by atoms with E-state index in [1.54, 1.807) is 18.1 Å². The average molecular weight is 510 g/mol. The molecule has 1 N–H and O–H groups in total. The normalized spacial score (nSPS) is 15.4. The quantitative estimate of drug-likeness (QED) is 0.407. The molecule has 5 nitrogen and oxygen atoms in total. The SMILES string of the molecule is COc1ccc(Sc2c(F)cccc2-c2ccccc2C2(O)CCN(C(=O)OC(C)(C)C)CC2)cc1. The van der Waals surface area contributed by atoms with Gasteiger partial charge in [0.05, 0.1) is 17.6 Å². The van der Waals surface area contributed by atoms with Crippen molar-refractivity contribution in [3.05, 3.63) is 78.1 Å². The number of piperidine rings is 1. The van der Waals surface area contributed by atoms with Crippen LogP contribution in [0, 0.1) is 5.82 Å². The number of nitrogens with zero attached hydrogens (tertiary/aromatic N) is 1. The van der Waals surface area contributed by atoms with E-state index in [0.717, 1.165) is 27.3 Å². The fourth-order valence-corrected chi connectivity index (χ4v) is 5.33. The summed E-state index contributed by atoms with van der Waals surface area (Å²) < 4.78 is 25.9. The molecular weight excluding hydrogens is 477 g/mol. The number of hydrogen-bond donors (Lipinski definition) is 1. The number of halogens is 1. The monoisotopic (exact) mass is 509 g/mol. The van der Waals surface area contributed by atoms with Crippen LogP contribution in [0.2, 0.25) is 0 Å². The summed E-state index contributed by atoms with van der Waals surface area (Å²) in [6, 6.07) is 20.1. The zero-order valence-corrected chi connectivity index (χ0v) is 21.9. The minimum absolute atomic E-state index is 0.324. The van der Waals surface area contributed by atoms with Gasteiger partial charge in [0.2, 0.25) is 0 Å². The highest BCUT2D eigenvalue weighted by molar-refractivity contribution is 7.99. The number of amides is 1. The summed E-state index contributed by atoms with van der Waals surface area (Å²) in [7, 11) is 1.61. The second-order valence-electron chi connectivity index (χ2n) is 9.94. The topological polar surface area (TPSA) is 59.0 Å². The number of ether oxygens (including phenoxy) is 2. The zero-order valence-electron chi connectivity index (χ0n) is 21.1. The van der Waals surface area contributed by atoms with E-state index >= 15 is 4.39 Å². The van der Waals surface area contributed by atoms with Crippen LogP contribution in [-0.2, 0) is 10.3 Å². The van der Waals surface area contributed by atoms with Gasteiger partial charge in [-0.25, -0.2) is 9.18 Å². The first-order valence-corrected chi connectivity index (χ1v) is 12.8. The molecule has 3 aromatic rings. The lowest BCUT2D eigenvalue weighted by Crippen LogP contribution is -2.47. The maximum Gasteiger partial charge on any atom is 0.410 e. The smallest absolute Gasteiger partial charge is 0.410 e. The van der Waals surface area contributed by atoms with Crippen LogP contribution in [0.1, 0.15) is 39.2 Å². The number of likely N-dealkylation sites (tertiary alicyclic amines) is 1. The van der Waals surface area contributed by atoms with Crippen LogP contribution in [0.25, 0.3) is 11.1 Å². The van der Waals surface area contributed by atoms with Crippen LogP contribution >= 0.6 is 11.8 Å². The molecule has 1 aliphatic rings. The van der Waals surface area contributed by atoms with Crippen LogP contribution in [0.5, 0.6) is 5.75 Å². The van der Waals surface area contributed by atoms with Gasteiger partial charge in [-0.3, -0.25) is 0 Å². The first kappa shape index (κ1) is 26.0. The van der Waals surface area contributed by atoms with Gasteiger partial charge < -0.3 is 19.5 Å². The first-order valence-electron chi connectivity index (χ1n) is 12.0. The molecule has 0 atom stereocenters. The Morgan fingerprint density at radius 3 is 2.25 bits per heavy atom. The molecule has 1 amide bonds. The van der Waals surface area contributed by atoms with Gasteiger partial charge in [0, 0.05) is 18.0 Å². The molecule has 1 fully saturated rings. The second kappa shape index (κ2) is 10.5. The Morgan fingerprint density at radius 1 is 0.972 bits per heavy atom. The largest absolute Gasteiger partial charge is 0.497 e. The van der Waals surface area contributed by atoms with Crippen molar-refractivity contribution in [1.29, 1.82) is 0 Å². The highest BCUT2D eigenvalue weighted by Crippen LogP contribution is 2.44. The average Bonchev–Trinajstić information content (AvgIpc) is 2.85. The summed E-state index contributed by atoms with van der Waals surface area (Å²) >= 11 is 1.34. The number of hydrogen-bond acceptors (Lipinski definition) is 5. The lowest BCUT2D eigenvalue weighted by molar-refractivity contribution is -0.0353. The molecule has 4 rings (SSSR count). The lowest BCUT2D eigenvalue weighted by Gasteiger charge is -2.39. The van der Waals surface area contributed by atoms with Crippen LogP contribution in [-0.4, -0.2) is 41.9 Å². The van der Waals surface area contributed by atoms with Gasteiger partial charge in [-0.15, -0.1) is 0 Å². The third-order valence-electron chi connectivity index (χ3n) is 6.21. The molecule has 0 aromatic heterocycles. The van der Waals surface area contributed by atoms with E-state index in [0.29, 0.717) is 30.8 Å². The molecule has 0 aliphatic carbocycles. The van der Waals surface area contributed by atoms with Gasteiger partial charge in [-0.1, -0.05) is 48.2 Å². The van der Waals surface area contributed by atoms with Gasteiger partial charge in [-0.2, -0.15) is 0 Å². The Balaban J connectivity index is 1.63. The molecule has 7 heteroatoms. The van der Waals surface area contributed by atoms with Crippen molar-refractivity contribution < 1.29 is 23.8 Å². The van der Waals surface area contributed by atoms with Gasteiger partial charge >= 0.3 is 6.09 Å². The zero-order chi connectivity index (χ0) is 25.9. The summed E-state index contributed by atoms with van der Waals surface area (Å²) in [5.74, 6) is 0.410. The second-order valence-corrected chi connectivity index (χ2v) is 11.0. The molecule has 0 bridgehead atoms. The molecule has 0 radical (unpaired) electrons. The lowest BCUT2D eigenvalue weighted by atomic mass is 9.80. The van der Waals surface area contributed by atoms with E-state index < -0.39 is 11.2 Å². The Morgan fingerprint density at radius 2 is 1.61 bits per heavy atom. The van der Waals surface area contributed by atoms with Gasteiger partial charge in [-0.05, 0) is 80.6 Å². The number of rotatable bonds is 5. The van der Waals surface area contributed by atoms with E-state index in [1.165, 1.54) is 17.8 Å². The molecule has 0 spiro atoms. The predicted octanol–water partition coefficient (Wildman–Crippen LogP) is 6.87. The molecule has 190 valence electrons. The standard InChI is InChI=1S/C29H32FNO4S/c1-28(2,3)35-27(32)31-18-16-29(33,17-19-31)24-10-6-5-8-22(24)23-9-7-11-25(30)26(23)36-21-14-12-20(34-4)13-15-21/h5-15,33H,16-19H2,1-4H3. The number of carbonyl (C=O) groups excluding carboxylic acids is 1. The van der Waals surface area contributed by atoms with Crippen molar-refractivity contribution in [3.63, 3.8) is 0 Å². The first-order chi connectivity index (χ1) is 17.1. The Hall–Kier alpha value is -3.03. The number of methoxy groups -OCH3 is 1. The number of aliphatic hydroxyl groups is 1. The van der Waals surface area contributed by atoms with Crippen LogP contribution in [0.3, 0.4) is 0 Å². The summed E-state index contributed by atoms with van der Waals surface area (Å²) in [5, 5.41) is 11.7. The van der Waals surface area contributed by atoms with Crippen LogP contribution in [0.4, 0.5) is 9.18 Å². The van der Waals surface area contributed by atoms with E-state index in [-0.39, 0.29) is 11.9 Å². The van der Waals surface area contributed by atoms with Crippen molar-refractivity contribution in [2.75, 3.05) is 20.2 Å². The van der Waals surface area contributed by atoms with Crippen LogP contribution in [0.15, 0.2) is 76.5 Å². The van der Waals surface area contributed by atoms with Crippen molar-refractivity contribution in [1.82, 2.24) is 4.90 Å². The van der Waals surface area contributed by atoms with E-state index in [4.69, 9.17) is 9.47 Å². The Labute approximate surface area is 216 Å². The van der Waals surface area contributed by atoms with Gasteiger partial charge in [0.1, 0.15) is 17.2 Å². The fraction of sp³-hybridized carbons (Fsp3) is 0.345. The third-order valence-corrected chi connectivity index (χ3v) is 7.33. The molecule has 0 unspecified atom stereocenters. The van der Waals surface area contributed by atoms with E-state index in [1.807, 2.05) is 75.4 Å². The highest BCUT2D eigenvalue weighted by Gasteiger charge is 2.38. The summed E-state index contributed by atoms with van der Waals surface area (Å²) in [6.07, 6.45) is 0.347. The van der Waals surface area contributed by atoms with E-state index in [9.17, 15) is 9.90 Å². The molecule has 1 saturated heterocycles. The maximum absolute atomic E-state index is 15.1. The molecule has 36 heavy (non-hydrogen) atoms. The highest BCUT2D eigenvalue weighted by atomic mass is 32.2. The molecule has 0 saturated carbocycles. The third kappa shape index (κ3) is 5.85. The summed E-state index contributed by atoms with van der Waals surface area (Å²) in [4.78, 5) is 15.5. The predicted molar refractivity (Wildman–Crippen MR) is 140 cm³/mol. The summed E-state index contributed by atoms with van der Waals surface area (Å²) in [6.45, 7) is 6.25. The van der Waals surface area contributed by atoms with Gasteiger partial charge in [0.25, 0.3) is 0 Å². The van der Waals surface area contributed by atoms with Crippen molar-refractivity contribution >= 4 is 17.9 Å². The fourth-order valence-electron chi connectivity index (χ4n) is 4.37. The van der Waals surface area contributed by atoms with Crippen LogP contribution < -0.4 is 4.74 Å². The minimum Gasteiger partial charge on any atom is -0.497 e. The Kier molecular flexibility index (Phi) is 7.62. The van der Waals surface area contributed by atoms with Crippen molar-refractivity contribution in [2.24, 2.45) is 0 Å². The number of benzene rings is 3. The Bertz CT molecular complexity index is 1210. The number of carbonyl (C=O) groups is 1.